The van der Waals surface area contributed by atoms with E-state index in [1.54, 1.807) is 0 Å². The van der Waals surface area contributed by atoms with E-state index in [1.165, 1.54) is 128 Å². The highest BCUT2D eigenvalue weighted by Gasteiger charge is 2.29. The Morgan fingerprint density at radius 2 is 0.515 bits per heavy atom. The predicted molar refractivity (Wildman–Crippen MR) is 417 cm³/mol. The highest BCUT2D eigenvalue weighted by atomic mass is 31.2. The van der Waals surface area contributed by atoms with Crippen LogP contribution in [0.1, 0.15) is 329 Å². The van der Waals surface area contributed by atoms with Crippen LogP contribution >= 0.6 is 15.6 Å². The van der Waals surface area contributed by atoms with Gasteiger partial charge in [-0.3, -0.25) is 32.5 Å². The first kappa shape index (κ1) is 97.0. The maximum absolute atomic E-state index is 12.9. The molecule has 5 unspecified atom stereocenters. The van der Waals surface area contributed by atoms with Crippen LogP contribution in [0, 0.1) is 0 Å². The van der Waals surface area contributed by atoms with Crippen molar-refractivity contribution in [3.63, 3.8) is 0 Å². The number of aliphatic hydroxyl groups is 2. The first-order valence-corrected chi connectivity index (χ1v) is 42.8. The van der Waals surface area contributed by atoms with E-state index >= 15 is 0 Å². The zero-order valence-corrected chi connectivity index (χ0v) is 65.3. The monoisotopic (exact) mass is 1460 g/mol. The third-order valence-corrected chi connectivity index (χ3v) is 18.5. The van der Waals surface area contributed by atoms with Crippen LogP contribution in [0.2, 0.25) is 0 Å². The van der Waals surface area contributed by atoms with Crippen LogP contribution < -0.4 is 0 Å². The number of phosphoric acid groups is 2. The fourth-order valence-electron chi connectivity index (χ4n) is 10.5. The quantitative estimate of drug-likeness (QED) is 0.0146. The third kappa shape index (κ3) is 76.9. The lowest BCUT2D eigenvalue weighted by molar-refractivity contribution is -0.161. The maximum Gasteiger partial charge on any atom is 0.472 e. The molecule has 0 aromatic carbocycles. The van der Waals surface area contributed by atoms with E-state index in [0.29, 0.717) is 19.3 Å². The minimum atomic E-state index is -4.94. The van der Waals surface area contributed by atoms with E-state index in [4.69, 9.17) is 32.3 Å². The Hall–Kier alpha value is -4.05. The maximum atomic E-state index is 12.9. The molecule has 0 heterocycles. The van der Waals surface area contributed by atoms with Crippen LogP contribution in [0.25, 0.3) is 0 Å². The molecule has 0 aliphatic heterocycles. The molecule has 0 aromatic rings. The summed E-state index contributed by atoms with van der Waals surface area (Å²) in [4.78, 5) is 58.6. The number of carbonyl (C=O) groups excluding carboxylic acids is 3. The van der Waals surface area contributed by atoms with Crippen molar-refractivity contribution in [3.05, 3.63) is 122 Å². The van der Waals surface area contributed by atoms with Crippen molar-refractivity contribution in [1.29, 1.82) is 0 Å². The lowest BCUT2D eigenvalue weighted by Crippen LogP contribution is -2.30. The Labute approximate surface area is 614 Å². The van der Waals surface area contributed by atoms with Gasteiger partial charge in [-0.1, -0.05) is 296 Å². The van der Waals surface area contributed by atoms with Gasteiger partial charge < -0.3 is 34.2 Å². The number of allylic oxidation sites excluding steroid dienone is 20. The lowest BCUT2D eigenvalue weighted by atomic mass is 10.0. The van der Waals surface area contributed by atoms with E-state index in [9.17, 15) is 43.5 Å². The van der Waals surface area contributed by atoms with Crippen LogP contribution in [-0.4, -0.2) is 95.9 Å². The number of phosphoric ester groups is 2. The second kappa shape index (κ2) is 75.6. The number of esters is 3. The smallest absolute Gasteiger partial charge is 0.463 e. The number of hydrogen-bond donors (Lipinski definition) is 4. The highest BCUT2D eigenvalue weighted by Crippen LogP contribution is 2.45. The molecule has 582 valence electrons. The Kier molecular flexibility index (Phi) is 72.6. The van der Waals surface area contributed by atoms with Crippen LogP contribution in [0.4, 0.5) is 0 Å². The molecule has 5 atom stereocenters. The van der Waals surface area contributed by atoms with Gasteiger partial charge in [0.25, 0.3) is 0 Å². The summed E-state index contributed by atoms with van der Waals surface area (Å²) in [5, 5.41) is 20.6. The SMILES string of the molecule is CCC/C=C\C/C=C\CCCCCCCC(=O)OC(COC(=O)CCCCCCC/C=C\C/C=C\C/C=C\C/C=C\CCCCC)COP(=O)(O)OCC(O)COP(=O)(O)OCC(O)COC(=O)CCCCCCCCCCCCCCCCC/C=C\C/C=C\C/C=C\C/C=C\CCCCC. The lowest BCUT2D eigenvalue weighted by Gasteiger charge is -2.21. The third-order valence-electron chi connectivity index (χ3n) is 16.6. The first-order valence-electron chi connectivity index (χ1n) is 39.8. The molecule has 0 saturated heterocycles. The molecule has 0 aromatic heterocycles. The molecule has 101 heavy (non-hydrogen) atoms. The minimum Gasteiger partial charge on any atom is -0.463 e. The Morgan fingerprint density at radius 3 is 0.822 bits per heavy atom. The van der Waals surface area contributed by atoms with Crippen LogP contribution in [0.15, 0.2) is 122 Å². The number of rotatable bonds is 75. The molecular formula is C83H144O16P2. The standard InChI is InChI=1S/C83H144O16P2/c1-4-7-10-13-16-19-22-25-27-29-31-33-34-35-36-37-38-39-40-41-42-44-46-47-49-52-54-57-60-63-66-69-81(86)93-72-78(84)73-95-100(89,90)96-74-79(85)75-97-101(91,92)98-77-80(99-83(88)71-68-65-62-59-56-51-24-21-18-15-12-9-6-3)76-94-82(87)70-67-64-61-58-55-53-50-48-45-43-32-30-28-26-23-20-17-14-11-8-5-2/h12,15-17,19-21,24-28,31-33,35-36,43,48,50,78-80,84-85H,4-11,13-14,18,22-23,29-30,34,37-42,44-47,49,51-77H2,1-3H3,(H,89,90)(H,91,92)/b15-12-,19-16-,20-17-,24-21-,27-25-,28-26-,33-31-,36-35-,43-32-,50-48-. The largest absolute Gasteiger partial charge is 0.472 e. The van der Waals surface area contributed by atoms with Crippen molar-refractivity contribution in [2.75, 3.05) is 39.6 Å². The van der Waals surface area contributed by atoms with Gasteiger partial charge in [0.1, 0.15) is 25.4 Å². The summed E-state index contributed by atoms with van der Waals surface area (Å²) in [6, 6.07) is 0. The molecule has 0 spiro atoms. The molecule has 0 saturated carbocycles. The molecular weight excluding hydrogens is 1310 g/mol. The summed E-state index contributed by atoms with van der Waals surface area (Å²) in [7, 11) is -9.80. The first-order chi connectivity index (χ1) is 49.2. The summed E-state index contributed by atoms with van der Waals surface area (Å²) in [6.45, 7) is 2.53. The zero-order valence-electron chi connectivity index (χ0n) is 63.5. The van der Waals surface area contributed by atoms with Crippen molar-refractivity contribution in [3.8, 4) is 0 Å². The van der Waals surface area contributed by atoms with Crippen molar-refractivity contribution < 1.29 is 75.8 Å². The normalized spacial score (nSPS) is 14.6. The number of aliphatic hydroxyl groups excluding tert-OH is 2. The number of ether oxygens (including phenoxy) is 3. The van der Waals surface area contributed by atoms with E-state index in [1.807, 2.05) is 0 Å². The van der Waals surface area contributed by atoms with E-state index < -0.39 is 91.5 Å². The molecule has 4 N–H and O–H groups in total. The Bertz CT molecular complexity index is 2320. The van der Waals surface area contributed by atoms with Gasteiger partial charge >= 0.3 is 33.6 Å². The molecule has 0 fully saturated rings. The topological polar surface area (TPSA) is 231 Å². The summed E-state index contributed by atoms with van der Waals surface area (Å²) in [5.74, 6) is -1.61. The molecule has 0 rings (SSSR count). The molecule has 18 heteroatoms. The summed E-state index contributed by atoms with van der Waals surface area (Å²) in [5.41, 5.74) is 0. The van der Waals surface area contributed by atoms with Crippen LogP contribution in [0.5, 0.6) is 0 Å². The van der Waals surface area contributed by atoms with Gasteiger partial charge in [0.05, 0.1) is 26.4 Å². The zero-order chi connectivity index (χ0) is 73.7. The Balaban J connectivity index is 4.47. The molecule has 0 aliphatic carbocycles. The number of unbranched alkanes of at least 4 members (excludes halogenated alkanes) is 32. The summed E-state index contributed by atoms with van der Waals surface area (Å²) >= 11 is 0. The van der Waals surface area contributed by atoms with Crippen molar-refractivity contribution in [2.45, 2.75) is 347 Å². The van der Waals surface area contributed by atoms with E-state index in [2.05, 4.69) is 142 Å². The van der Waals surface area contributed by atoms with Crippen LogP contribution in [0.3, 0.4) is 0 Å². The average Bonchev–Trinajstić information content (AvgIpc) is 0.960. The van der Waals surface area contributed by atoms with Gasteiger partial charge in [0.2, 0.25) is 0 Å². The highest BCUT2D eigenvalue weighted by molar-refractivity contribution is 7.47. The average molecular weight is 1460 g/mol. The molecule has 0 radical (unpaired) electrons. The predicted octanol–water partition coefficient (Wildman–Crippen LogP) is 23.3. The van der Waals surface area contributed by atoms with Crippen molar-refractivity contribution in [2.24, 2.45) is 0 Å². The fourth-order valence-corrected chi connectivity index (χ4v) is 12.1. The number of hydrogen-bond acceptors (Lipinski definition) is 14. The van der Waals surface area contributed by atoms with E-state index in [-0.39, 0.29) is 19.3 Å². The van der Waals surface area contributed by atoms with Gasteiger partial charge in [-0.15, -0.1) is 0 Å². The summed E-state index contributed by atoms with van der Waals surface area (Å²) in [6.07, 6.45) is 89.7. The van der Waals surface area contributed by atoms with Gasteiger partial charge in [-0.2, -0.15) is 0 Å². The fraction of sp³-hybridized carbons (Fsp3) is 0.723. The van der Waals surface area contributed by atoms with Gasteiger partial charge in [0, 0.05) is 19.3 Å². The molecule has 0 amide bonds. The minimum absolute atomic E-state index is 0.0820. The molecule has 0 aliphatic rings. The van der Waals surface area contributed by atoms with Gasteiger partial charge in [-0.05, 0) is 135 Å². The second-order valence-corrected chi connectivity index (χ2v) is 29.4. The van der Waals surface area contributed by atoms with Gasteiger partial charge in [-0.25, -0.2) is 9.13 Å². The van der Waals surface area contributed by atoms with Gasteiger partial charge in [0.15, 0.2) is 6.10 Å². The van der Waals surface area contributed by atoms with Crippen LogP contribution in [-0.2, 0) is 55.8 Å². The van der Waals surface area contributed by atoms with Crippen molar-refractivity contribution >= 4 is 33.6 Å². The van der Waals surface area contributed by atoms with Crippen molar-refractivity contribution in [1.82, 2.24) is 0 Å². The summed E-state index contributed by atoms with van der Waals surface area (Å²) < 4.78 is 61.1. The van der Waals surface area contributed by atoms with E-state index in [0.717, 1.165) is 141 Å². The Morgan fingerprint density at radius 1 is 0.277 bits per heavy atom. The molecule has 16 nitrogen and oxygen atoms in total. The molecule has 0 bridgehead atoms. The number of carbonyl (C=O) groups is 3. The second-order valence-electron chi connectivity index (χ2n) is 26.5.